The summed E-state index contributed by atoms with van der Waals surface area (Å²) >= 11 is 0. The summed E-state index contributed by atoms with van der Waals surface area (Å²) in [5, 5.41) is 2.88. The standard InChI is InChI=1S/C13H18N2O/c1-2-3-4-9-15-13(16)6-5-12-7-10-14-11-8-12/h2-3,7-8,10-11H,4-6,9H2,1H3,(H,15,16)/b3-2+. The van der Waals surface area contributed by atoms with Gasteiger partial charge in [-0.2, -0.15) is 0 Å². The number of carbonyl (C=O) groups is 1. The van der Waals surface area contributed by atoms with Gasteiger partial charge in [0.2, 0.25) is 5.91 Å². The van der Waals surface area contributed by atoms with E-state index in [-0.39, 0.29) is 5.91 Å². The third-order valence-corrected chi connectivity index (χ3v) is 2.26. The maximum absolute atomic E-state index is 11.4. The smallest absolute Gasteiger partial charge is 0.220 e. The monoisotopic (exact) mass is 218 g/mol. The topological polar surface area (TPSA) is 42.0 Å². The lowest BCUT2D eigenvalue weighted by atomic mass is 10.1. The molecule has 0 atom stereocenters. The van der Waals surface area contributed by atoms with Crippen molar-refractivity contribution >= 4 is 5.91 Å². The highest BCUT2D eigenvalue weighted by Gasteiger charge is 2.00. The fourth-order valence-corrected chi connectivity index (χ4v) is 1.36. The van der Waals surface area contributed by atoms with Crippen LogP contribution in [-0.4, -0.2) is 17.4 Å². The third-order valence-electron chi connectivity index (χ3n) is 2.26. The van der Waals surface area contributed by atoms with Crippen molar-refractivity contribution in [1.29, 1.82) is 0 Å². The molecule has 0 aromatic carbocycles. The van der Waals surface area contributed by atoms with Gasteiger partial charge < -0.3 is 5.32 Å². The molecule has 86 valence electrons. The quantitative estimate of drug-likeness (QED) is 0.587. The molecule has 0 unspecified atom stereocenters. The number of amides is 1. The molecule has 0 saturated heterocycles. The molecule has 1 aromatic rings. The lowest BCUT2D eigenvalue weighted by Crippen LogP contribution is -2.24. The first kappa shape index (κ1) is 12.4. The SMILES string of the molecule is C/C=C/CCNC(=O)CCc1ccncc1. The van der Waals surface area contributed by atoms with Crippen LogP contribution in [0.3, 0.4) is 0 Å². The van der Waals surface area contributed by atoms with Gasteiger partial charge in [-0.3, -0.25) is 9.78 Å². The van der Waals surface area contributed by atoms with Crippen molar-refractivity contribution in [1.82, 2.24) is 10.3 Å². The number of nitrogens with one attached hydrogen (secondary N) is 1. The van der Waals surface area contributed by atoms with E-state index < -0.39 is 0 Å². The van der Waals surface area contributed by atoms with E-state index in [4.69, 9.17) is 0 Å². The lowest BCUT2D eigenvalue weighted by molar-refractivity contribution is -0.121. The van der Waals surface area contributed by atoms with Crippen LogP contribution in [0, 0.1) is 0 Å². The van der Waals surface area contributed by atoms with Crippen molar-refractivity contribution in [3.8, 4) is 0 Å². The number of allylic oxidation sites excluding steroid dienone is 1. The molecule has 0 bridgehead atoms. The largest absolute Gasteiger partial charge is 0.356 e. The Balaban J connectivity index is 2.15. The Morgan fingerprint density at radius 3 is 2.88 bits per heavy atom. The minimum atomic E-state index is 0.112. The average Bonchev–Trinajstić information content (AvgIpc) is 2.33. The highest BCUT2D eigenvalue weighted by Crippen LogP contribution is 2.00. The highest BCUT2D eigenvalue weighted by molar-refractivity contribution is 5.76. The zero-order valence-corrected chi connectivity index (χ0v) is 9.65. The van der Waals surface area contributed by atoms with E-state index in [2.05, 4.69) is 10.3 Å². The summed E-state index contributed by atoms with van der Waals surface area (Å²) < 4.78 is 0. The minimum Gasteiger partial charge on any atom is -0.356 e. The number of pyridine rings is 1. The fraction of sp³-hybridized carbons (Fsp3) is 0.385. The predicted molar refractivity (Wildman–Crippen MR) is 65.0 cm³/mol. The van der Waals surface area contributed by atoms with Gasteiger partial charge in [0.15, 0.2) is 0 Å². The number of carbonyl (C=O) groups excluding carboxylic acids is 1. The van der Waals surface area contributed by atoms with Crippen LogP contribution >= 0.6 is 0 Å². The molecule has 0 aliphatic heterocycles. The van der Waals surface area contributed by atoms with Crippen molar-refractivity contribution in [3.05, 3.63) is 42.2 Å². The molecule has 0 aliphatic carbocycles. The van der Waals surface area contributed by atoms with Crippen LogP contribution in [-0.2, 0) is 11.2 Å². The molecule has 0 aliphatic rings. The molecule has 0 saturated carbocycles. The molecule has 1 rings (SSSR count). The second-order valence-corrected chi connectivity index (χ2v) is 3.56. The molecular weight excluding hydrogens is 200 g/mol. The van der Waals surface area contributed by atoms with Gasteiger partial charge in [-0.05, 0) is 37.5 Å². The summed E-state index contributed by atoms with van der Waals surface area (Å²) in [5.41, 5.74) is 1.15. The summed E-state index contributed by atoms with van der Waals surface area (Å²) in [6.07, 6.45) is 9.75. The fourth-order valence-electron chi connectivity index (χ4n) is 1.36. The summed E-state index contributed by atoms with van der Waals surface area (Å²) in [5.74, 6) is 0.112. The van der Waals surface area contributed by atoms with Crippen molar-refractivity contribution in [2.75, 3.05) is 6.54 Å². The molecule has 1 heterocycles. The first-order valence-electron chi connectivity index (χ1n) is 5.59. The number of rotatable bonds is 6. The van der Waals surface area contributed by atoms with E-state index in [1.54, 1.807) is 12.4 Å². The maximum Gasteiger partial charge on any atom is 0.220 e. The Hall–Kier alpha value is -1.64. The van der Waals surface area contributed by atoms with Crippen LogP contribution in [0.5, 0.6) is 0 Å². The first-order chi connectivity index (χ1) is 7.83. The lowest BCUT2D eigenvalue weighted by Gasteiger charge is -2.03. The molecule has 0 spiro atoms. The van der Waals surface area contributed by atoms with Gasteiger partial charge in [-0.15, -0.1) is 0 Å². The molecule has 3 nitrogen and oxygen atoms in total. The Morgan fingerprint density at radius 1 is 1.44 bits per heavy atom. The molecule has 3 heteroatoms. The van der Waals surface area contributed by atoms with Gasteiger partial charge in [-0.25, -0.2) is 0 Å². The zero-order chi connectivity index (χ0) is 11.6. The average molecular weight is 218 g/mol. The van der Waals surface area contributed by atoms with Crippen molar-refractivity contribution < 1.29 is 4.79 Å². The highest BCUT2D eigenvalue weighted by atomic mass is 16.1. The predicted octanol–water partition coefficient (Wildman–Crippen LogP) is 2.10. The molecule has 1 amide bonds. The van der Waals surface area contributed by atoms with E-state index in [1.807, 2.05) is 31.2 Å². The summed E-state index contributed by atoms with van der Waals surface area (Å²) in [7, 11) is 0. The van der Waals surface area contributed by atoms with Gasteiger partial charge in [0.25, 0.3) is 0 Å². The number of aryl methyl sites for hydroxylation is 1. The molecule has 1 aromatic heterocycles. The summed E-state index contributed by atoms with van der Waals surface area (Å²) in [4.78, 5) is 15.4. The van der Waals surface area contributed by atoms with Crippen molar-refractivity contribution in [2.45, 2.75) is 26.2 Å². The van der Waals surface area contributed by atoms with E-state index in [9.17, 15) is 4.79 Å². The Bertz CT molecular complexity index is 333. The molecule has 0 fully saturated rings. The molecule has 0 radical (unpaired) electrons. The Labute approximate surface area is 96.6 Å². The third kappa shape index (κ3) is 5.29. The van der Waals surface area contributed by atoms with Gasteiger partial charge in [0.05, 0.1) is 0 Å². The Kier molecular flexibility index (Phi) is 5.92. The number of nitrogens with zero attached hydrogens (tertiary/aromatic N) is 1. The number of aromatic nitrogens is 1. The van der Waals surface area contributed by atoms with Crippen LogP contribution in [0.2, 0.25) is 0 Å². The van der Waals surface area contributed by atoms with Gasteiger partial charge in [0.1, 0.15) is 0 Å². The van der Waals surface area contributed by atoms with Crippen LogP contribution < -0.4 is 5.32 Å². The summed E-state index contributed by atoms with van der Waals surface area (Å²) in [6.45, 7) is 2.70. The second kappa shape index (κ2) is 7.63. The van der Waals surface area contributed by atoms with Crippen LogP contribution in [0.15, 0.2) is 36.7 Å². The minimum absolute atomic E-state index is 0.112. The van der Waals surface area contributed by atoms with Gasteiger partial charge >= 0.3 is 0 Å². The van der Waals surface area contributed by atoms with Crippen molar-refractivity contribution in [3.63, 3.8) is 0 Å². The summed E-state index contributed by atoms with van der Waals surface area (Å²) in [6, 6.07) is 3.88. The Morgan fingerprint density at radius 2 is 2.19 bits per heavy atom. The van der Waals surface area contributed by atoms with E-state index in [0.29, 0.717) is 6.42 Å². The first-order valence-corrected chi connectivity index (χ1v) is 5.59. The van der Waals surface area contributed by atoms with E-state index in [1.165, 1.54) is 0 Å². The van der Waals surface area contributed by atoms with Crippen molar-refractivity contribution in [2.24, 2.45) is 0 Å². The molecule has 16 heavy (non-hydrogen) atoms. The molecular formula is C13H18N2O. The normalized spacial score (nSPS) is 10.6. The van der Waals surface area contributed by atoms with Gasteiger partial charge in [0, 0.05) is 25.4 Å². The van der Waals surface area contributed by atoms with Crippen LogP contribution in [0.1, 0.15) is 25.3 Å². The van der Waals surface area contributed by atoms with E-state index in [0.717, 1.165) is 24.9 Å². The number of hydrogen-bond donors (Lipinski definition) is 1. The van der Waals surface area contributed by atoms with Crippen LogP contribution in [0.25, 0.3) is 0 Å². The maximum atomic E-state index is 11.4. The number of hydrogen-bond acceptors (Lipinski definition) is 2. The van der Waals surface area contributed by atoms with Gasteiger partial charge in [-0.1, -0.05) is 12.2 Å². The second-order valence-electron chi connectivity index (χ2n) is 3.56. The zero-order valence-electron chi connectivity index (χ0n) is 9.65. The van der Waals surface area contributed by atoms with E-state index >= 15 is 0 Å². The molecule has 1 N–H and O–H groups in total. The van der Waals surface area contributed by atoms with Crippen LogP contribution in [0.4, 0.5) is 0 Å².